The van der Waals surface area contributed by atoms with Crippen molar-refractivity contribution in [1.29, 1.82) is 0 Å². The number of nitro benzene ring substituents is 1. The lowest BCUT2D eigenvalue weighted by Gasteiger charge is -2.26. The zero-order valence-corrected chi connectivity index (χ0v) is 12.1. The van der Waals surface area contributed by atoms with E-state index in [1.807, 2.05) is 0 Å². The van der Waals surface area contributed by atoms with Gasteiger partial charge in [0, 0.05) is 17.5 Å². The number of carbonyl (C=O) groups is 1. The minimum atomic E-state index is -0.526. The highest BCUT2D eigenvalue weighted by Crippen LogP contribution is 2.37. The molecule has 1 aromatic carbocycles. The first-order valence-electron chi connectivity index (χ1n) is 7.12. The maximum absolute atomic E-state index is 12.2. The van der Waals surface area contributed by atoms with E-state index in [9.17, 15) is 20.0 Å². The molecule has 0 bridgehead atoms. The van der Waals surface area contributed by atoms with Crippen LogP contribution in [0.4, 0.5) is 5.69 Å². The molecule has 1 aromatic rings. The number of nitrogens with zero attached hydrogens (tertiary/aromatic N) is 1. The monoisotopic (exact) mass is 292 g/mol. The Labute approximate surface area is 123 Å². The molecule has 0 aliphatic heterocycles. The Morgan fingerprint density at radius 1 is 1.43 bits per heavy atom. The molecule has 0 spiro atoms. The van der Waals surface area contributed by atoms with Crippen LogP contribution in [0.5, 0.6) is 0 Å². The Bertz CT molecular complexity index is 551. The number of para-hydroxylation sites is 1. The molecule has 2 rings (SSSR count). The van der Waals surface area contributed by atoms with Crippen LogP contribution in [-0.4, -0.2) is 29.1 Å². The lowest BCUT2D eigenvalue weighted by Crippen LogP contribution is -2.38. The van der Waals surface area contributed by atoms with Crippen molar-refractivity contribution in [2.45, 2.75) is 32.6 Å². The molecule has 1 amide bonds. The summed E-state index contributed by atoms with van der Waals surface area (Å²) in [6.45, 7) is 2.00. The molecule has 6 nitrogen and oxygen atoms in total. The van der Waals surface area contributed by atoms with Gasteiger partial charge in [0.2, 0.25) is 0 Å². The summed E-state index contributed by atoms with van der Waals surface area (Å²) >= 11 is 0. The second-order valence-corrected chi connectivity index (χ2v) is 5.78. The minimum absolute atomic E-state index is 0.0309. The molecule has 6 heteroatoms. The first-order chi connectivity index (χ1) is 9.99. The quantitative estimate of drug-likeness (QED) is 0.642. The third kappa shape index (κ3) is 3.21. The van der Waals surface area contributed by atoms with Crippen molar-refractivity contribution in [3.05, 3.63) is 39.4 Å². The van der Waals surface area contributed by atoms with Gasteiger partial charge in [-0.15, -0.1) is 0 Å². The predicted octanol–water partition coefficient (Wildman–Crippen LogP) is 2.19. The summed E-state index contributed by atoms with van der Waals surface area (Å²) in [4.78, 5) is 22.8. The van der Waals surface area contributed by atoms with Crippen LogP contribution in [-0.2, 0) is 0 Å². The number of benzene rings is 1. The maximum atomic E-state index is 12.2. The van der Waals surface area contributed by atoms with Gasteiger partial charge in [-0.05, 0) is 25.8 Å². The van der Waals surface area contributed by atoms with Gasteiger partial charge in [-0.1, -0.05) is 25.0 Å². The van der Waals surface area contributed by atoms with Crippen molar-refractivity contribution in [3.8, 4) is 0 Å². The summed E-state index contributed by atoms with van der Waals surface area (Å²) in [6.07, 6.45) is 3.83. The second kappa shape index (κ2) is 6.22. The van der Waals surface area contributed by atoms with Crippen molar-refractivity contribution < 1.29 is 14.8 Å². The zero-order valence-electron chi connectivity index (χ0n) is 12.1. The predicted molar refractivity (Wildman–Crippen MR) is 78.2 cm³/mol. The van der Waals surface area contributed by atoms with Crippen LogP contribution in [0.2, 0.25) is 0 Å². The van der Waals surface area contributed by atoms with E-state index in [1.165, 1.54) is 6.07 Å². The molecule has 21 heavy (non-hydrogen) atoms. The highest BCUT2D eigenvalue weighted by molar-refractivity contribution is 5.98. The number of aryl methyl sites for hydroxylation is 1. The highest BCUT2D eigenvalue weighted by Gasteiger charge is 2.34. The molecule has 0 aromatic heterocycles. The molecule has 0 atom stereocenters. The van der Waals surface area contributed by atoms with E-state index in [0.717, 1.165) is 25.7 Å². The summed E-state index contributed by atoms with van der Waals surface area (Å²) in [5, 5.41) is 23.4. The van der Waals surface area contributed by atoms with Crippen LogP contribution in [0, 0.1) is 22.5 Å². The van der Waals surface area contributed by atoms with Gasteiger partial charge in [0.25, 0.3) is 11.6 Å². The third-order valence-corrected chi connectivity index (χ3v) is 4.29. The van der Waals surface area contributed by atoms with Crippen molar-refractivity contribution in [1.82, 2.24) is 5.32 Å². The average Bonchev–Trinajstić information content (AvgIpc) is 2.93. The number of nitro groups is 1. The van der Waals surface area contributed by atoms with Gasteiger partial charge in [0.05, 0.1) is 11.5 Å². The standard InChI is InChI=1S/C15H20N2O4/c1-11-5-4-6-12(13(11)17(20)21)14(19)16-9-15(10-18)7-2-3-8-15/h4-6,18H,2-3,7-10H2,1H3,(H,16,19). The number of rotatable bonds is 5. The molecule has 1 aliphatic carbocycles. The van der Waals surface area contributed by atoms with Gasteiger partial charge in [0.15, 0.2) is 0 Å². The van der Waals surface area contributed by atoms with Crippen LogP contribution in [0.3, 0.4) is 0 Å². The number of nitrogens with one attached hydrogen (secondary N) is 1. The lowest BCUT2D eigenvalue weighted by atomic mass is 9.87. The van der Waals surface area contributed by atoms with Crippen LogP contribution < -0.4 is 5.32 Å². The Morgan fingerprint density at radius 2 is 2.10 bits per heavy atom. The van der Waals surface area contributed by atoms with Crippen LogP contribution in [0.1, 0.15) is 41.6 Å². The van der Waals surface area contributed by atoms with Gasteiger partial charge < -0.3 is 10.4 Å². The normalized spacial score (nSPS) is 16.7. The van der Waals surface area contributed by atoms with E-state index in [0.29, 0.717) is 12.1 Å². The molecule has 0 unspecified atom stereocenters. The molecule has 1 fully saturated rings. The largest absolute Gasteiger partial charge is 0.396 e. The van der Waals surface area contributed by atoms with Crippen LogP contribution >= 0.6 is 0 Å². The highest BCUT2D eigenvalue weighted by atomic mass is 16.6. The first-order valence-corrected chi connectivity index (χ1v) is 7.12. The smallest absolute Gasteiger partial charge is 0.285 e. The topological polar surface area (TPSA) is 92.5 Å². The Morgan fingerprint density at radius 3 is 2.67 bits per heavy atom. The summed E-state index contributed by atoms with van der Waals surface area (Å²) in [5.41, 5.74) is 0.116. The molecular formula is C15H20N2O4. The lowest BCUT2D eigenvalue weighted by molar-refractivity contribution is -0.385. The van der Waals surface area contributed by atoms with Gasteiger partial charge in [-0.25, -0.2) is 0 Å². The number of hydrogen-bond donors (Lipinski definition) is 2. The first kappa shape index (κ1) is 15.4. The van der Waals surface area contributed by atoms with E-state index >= 15 is 0 Å². The molecule has 1 saturated carbocycles. The molecule has 0 heterocycles. The number of hydrogen-bond acceptors (Lipinski definition) is 4. The Hall–Kier alpha value is -1.95. The molecule has 1 aliphatic rings. The molecule has 2 N–H and O–H groups in total. The fraction of sp³-hybridized carbons (Fsp3) is 0.533. The summed E-state index contributed by atoms with van der Waals surface area (Å²) < 4.78 is 0. The van der Waals surface area contributed by atoms with Gasteiger partial charge in [0.1, 0.15) is 5.56 Å². The van der Waals surface area contributed by atoms with Gasteiger partial charge in [-0.2, -0.15) is 0 Å². The maximum Gasteiger partial charge on any atom is 0.285 e. The van der Waals surface area contributed by atoms with Gasteiger partial charge in [-0.3, -0.25) is 14.9 Å². The van der Waals surface area contributed by atoms with Crippen LogP contribution in [0.25, 0.3) is 0 Å². The van der Waals surface area contributed by atoms with Gasteiger partial charge >= 0.3 is 0 Å². The number of aliphatic hydroxyl groups is 1. The number of aliphatic hydroxyl groups excluding tert-OH is 1. The minimum Gasteiger partial charge on any atom is -0.396 e. The van der Waals surface area contributed by atoms with E-state index < -0.39 is 10.8 Å². The fourth-order valence-electron chi connectivity index (χ4n) is 2.96. The molecule has 0 saturated heterocycles. The van der Waals surface area contributed by atoms with E-state index in [-0.39, 0.29) is 23.3 Å². The number of carbonyl (C=O) groups excluding carboxylic acids is 1. The Kier molecular flexibility index (Phi) is 4.57. The molecule has 114 valence electrons. The van der Waals surface area contributed by atoms with Crippen LogP contribution in [0.15, 0.2) is 18.2 Å². The average molecular weight is 292 g/mol. The summed E-state index contributed by atoms with van der Waals surface area (Å²) in [5.74, 6) is -0.454. The van der Waals surface area contributed by atoms with E-state index in [2.05, 4.69) is 5.32 Å². The SMILES string of the molecule is Cc1cccc(C(=O)NCC2(CO)CCCC2)c1[N+](=O)[O-]. The van der Waals surface area contributed by atoms with Crippen molar-refractivity contribution in [2.24, 2.45) is 5.41 Å². The third-order valence-electron chi connectivity index (χ3n) is 4.29. The fourth-order valence-corrected chi connectivity index (χ4v) is 2.96. The van der Waals surface area contributed by atoms with Crippen molar-refractivity contribution >= 4 is 11.6 Å². The molecular weight excluding hydrogens is 272 g/mol. The summed E-state index contributed by atoms with van der Waals surface area (Å²) in [6, 6.07) is 4.70. The van der Waals surface area contributed by atoms with E-state index in [4.69, 9.17) is 0 Å². The van der Waals surface area contributed by atoms with Crippen molar-refractivity contribution in [3.63, 3.8) is 0 Å². The summed E-state index contributed by atoms with van der Waals surface area (Å²) in [7, 11) is 0. The molecule has 0 radical (unpaired) electrons. The number of amides is 1. The van der Waals surface area contributed by atoms with E-state index in [1.54, 1.807) is 19.1 Å². The van der Waals surface area contributed by atoms with Crippen molar-refractivity contribution in [2.75, 3.05) is 13.2 Å². The zero-order chi connectivity index (χ0) is 15.5. The second-order valence-electron chi connectivity index (χ2n) is 5.78. The Balaban J connectivity index is 2.14.